The van der Waals surface area contributed by atoms with Crippen molar-refractivity contribution in [1.29, 1.82) is 0 Å². The highest BCUT2D eigenvalue weighted by atomic mass is 16.5. The van der Waals surface area contributed by atoms with Gasteiger partial charge in [-0.25, -0.2) is 0 Å². The van der Waals surface area contributed by atoms with Crippen LogP contribution in [-0.4, -0.2) is 63.1 Å². The molecule has 1 aliphatic heterocycles. The molecule has 1 fully saturated rings. The summed E-state index contributed by atoms with van der Waals surface area (Å²) in [5, 5.41) is 6.63. The number of likely N-dealkylation sites (N-methyl/N-ethyl adjacent to an activating group) is 1. The molecule has 166 valence electrons. The Kier molecular flexibility index (Phi) is 8.15. The van der Waals surface area contributed by atoms with Crippen molar-refractivity contribution in [3.05, 3.63) is 60.2 Å². The molecule has 0 saturated carbocycles. The smallest absolute Gasteiger partial charge is 0.242 e. The Bertz CT molecular complexity index is 871. The van der Waals surface area contributed by atoms with E-state index < -0.39 is 0 Å². The van der Waals surface area contributed by atoms with Gasteiger partial charge in [0.15, 0.2) is 5.96 Å². The van der Waals surface area contributed by atoms with Crippen LogP contribution in [0.3, 0.4) is 0 Å². The molecule has 1 atom stereocenters. The molecule has 7 heteroatoms. The van der Waals surface area contributed by atoms with Crippen molar-refractivity contribution in [2.75, 3.05) is 45.2 Å². The van der Waals surface area contributed by atoms with Crippen molar-refractivity contribution in [1.82, 2.24) is 15.5 Å². The number of nitrogens with zero attached hydrogens (tertiary/aromatic N) is 3. The van der Waals surface area contributed by atoms with E-state index in [0.717, 1.165) is 36.5 Å². The number of carbonyl (C=O) groups excluding carboxylic acids is 1. The van der Waals surface area contributed by atoms with Crippen LogP contribution in [0.4, 0.5) is 5.69 Å². The normalized spacial score (nSPS) is 16.2. The predicted molar refractivity (Wildman–Crippen MR) is 126 cm³/mol. The summed E-state index contributed by atoms with van der Waals surface area (Å²) >= 11 is 0. The number of anilines is 1. The minimum atomic E-state index is 0.0522. The number of guanidine groups is 1. The Morgan fingerprint density at radius 3 is 2.65 bits per heavy atom. The van der Waals surface area contributed by atoms with Crippen LogP contribution in [0, 0.1) is 0 Å². The minimum absolute atomic E-state index is 0.0522. The SMILES string of the molecule is CCN(Cc1ccccc1)C(=O)CNC(=NC)NC1CCN(c2ccccc2OC)C1. The molecular formula is C24H33N5O2. The molecule has 1 saturated heterocycles. The van der Waals surface area contributed by atoms with Gasteiger partial charge in [0.05, 0.1) is 19.3 Å². The zero-order chi connectivity index (χ0) is 22.1. The third-order valence-electron chi connectivity index (χ3n) is 5.54. The lowest BCUT2D eigenvalue weighted by molar-refractivity contribution is -0.130. The number of para-hydroxylation sites is 2. The number of methoxy groups -OCH3 is 1. The molecule has 1 aliphatic rings. The summed E-state index contributed by atoms with van der Waals surface area (Å²) in [5.74, 6) is 1.58. The average Bonchev–Trinajstić information content (AvgIpc) is 3.28. The van der Waals surface area contributed by atoms with Crippen molar-refractivity contribution in [3.63, 3.8) is 0 Å². The van der Waals surface area contributed by atoms with Gasteiger partial charge in [-0.2, -0.15) is 0 Å². The molecule has 2 aromatic carbocycles. The highest BCUT2D eigenvalue weighted by molar-refractivity contribution is 5.86. The number of hydrogen-bond donors (Lipinski definition) is 2. The highest BCUT2D eigenvalue weighted by Crippen LogP contribution is 2.30. The Balaban J connectivity index is 1.50. The molecule has 1 amide bonds. The zero-order valence-electron chi connectivity index (χ0n) is 18.7. The van der Waals surface area contributed by atoms with Gasteiger partial charge in [-0.1, -0.05) is 42.5 Å². The van der Waals surface area contributed by atoms with Crippen molar-refractivity contribution >= 4 is 17.6 Å². The van der Waals surface area contributed by atoms with Crippen molar-refractivity contribution in [2.24, 2.45) is 4.99 Å². The van der Waals surface area contributed by atoms with E-state index in [1.165, 1.54) is 0 Å². The molecule has 0 spiro atoms. The first-order chi connectivity index (χ1) is 15.1. The molecule has 0 aromatic heterocycles. The number of amides is 1. The van der Waals surface area contributed by atoms with E-state index in [1.807, 2.05) is 60.4 Å². The molecule has 7 nitrogen and oxygen atoms in total. The van der Waals surface area contributed by atoms with Crippen molar-refractivity contribution < 1.29 is 9.53 Å². The van der Waals surface area contributed by atoms with E-state index >= 15 is 0 Å². The van der Waals surface area contributed by atoms with Crippen LogP contribution in [0.5, 0.6) is 5.75 Å². The summed E-state index contributed by atoms with van der Waals surface area (Å²) in [6.07, 6.45) is 0.988. The van der Waals surface area contributed by atoms with Crippen LogP contribution in [-0.2, 0) is 11.3 Å². The summed E-state index contributed by atoms with van der Waals surface area (Å²) < 4.78 is 5.50. The molecule has 2 N–H and O–H groups in total. The highest BCUT2D eigenvalue weighted by Gasteiger charge is 2.25. The molecule has 1 heterocycles. The van der Waals surface area contributed by atoms with E-state index in [0.29, 0.717) is 19.0 Å². The minimum Gasteiger partial charge on any atom is -0.495 e. The summed E-state index contributed by atoms with van der Waals surface area (Å²) in [7, 11) is 3.43. The third-order valence-corrected chi connectivity index (χ3v) is 5.54. The van der Waals surface area contributed by atoms with Gasteiger partial charge in [-0.05, 0) is 31.0 Å². The van der Waals surface area contributed by atoms with E-state index in [1.54, 1.807) is 14.2 Å². The maximum atomic E-state index is 12.7. The molecule has 1 unspecified atom stereocenters. The van der Waals surface area contributed by atoms with Gasteiger partial charge in [0.2, 0.25) is 5.91 Å². The van der Waals surface area contributed by atoms with Gasteiger partial charge in [-0.3, -0.25) is 9.79 Å². The van der Waals surface area contributed by atoms with E-state index in [4.69, 9.17) is 4.74 Å². The van der Waals surface area contributed by atoms with Gasteiger partial charge in [0.25, 0.3) is 0 Å². The maximum absolute atomic E-state index is 12.7. The maximum Gasteiger partial charge on any atom is 0.242 e. The van der Waals surface area contributed by atoms with Gasteiger partial charge < -0.3 is 25.2 Å². The van der Waals surface area contributed by atoms with Crippen LogP contribution >= 0.6 is 0 Å². The fraction of sp³-hybridized carbons (Fsp3) is 0.417. The van der Waals surface area contributed by atoms with Crippen LogP contribution in [0.2, 0.25) is 0 Å². The average molecular weight is 424 g/mol. The van der Waals surface area contributed by atoms with Gasteiger partial charge >= 0.3 is 0 Å². The lowest BCUT2D eigenvalue weighted by atomic mass is 10.2. The summed E-state index contributed by atoms with van der Waals surface area (Å²) in [6.45, 7) is 5.28. The van der Waals surface area contributed by atoms with Gasteiger partial charge in [0.1, 0.15) is 5.75 Å². The second-order valence-corrected chi connectivity index (χ2v) is 7.57. The fourth-order valence-electron chi connectivity index (χ4n) is 3.83. The Hall–Kier alpha value is -3.22. The number of benzene rings is 2. The fourth-order valence-corrected chi connectivity index (χ4v) is 3.83. The standard InChI is InChI=1S/C24H33N5O2/c1-4-28(17-19-10-6-5-7-11-19)23(30)16-26-24(25-2)27-20-14-15-29(18-20)21-12-8-9-13-22(21)31-3/h5-13,20H,4,14-18H2,1-3H3,(H2,25,26,27). The van der Waals surface area contributed by atoms with Gasteiger partial charge in [0, 0.05) is 39.3 Å². The zero-order valence-corrected chi connectivity index (χ0v) is 18.7. The number of aliphatic imine (C=N–C) groups is 1. The molecule has 3 rings (SSSR count). The van der Waals surface area contributed by atoms with Gasteiger partial charge in [-0.15, -0.1) is 0 Å². The second-order valence-electron chi connectivity index (χ2n) is 7.57. The van der Waals surface area contributed by atoms with Crippen molar-refractivity contribution in [2.45, 2.75) is 25.9 Å². The number of ether oxygens (including phenoxy) is 1. The molecular weight excluding hydrogens is 390 g/mol. The topological polar surface area (TPSA) is 69.2 Å². The summed E-state index contributed by atoms with van der Waals surface area (Å²) in [6, 6.07) is 18.4. The van der Waals surface area contributed by atoms with Crippen LogP contribution in [0.15, 0.2) is 59.6 Å². The predicted octanol–water partition coefficient (Wildman–Crippen LogP) is 2.49. The van der Waals surface area contributed by atoms with Crippen LogP contribution < -0.4 is 20.3 Å². The number of rotatable bonds is 8. The summed E-state index contributed by atoms with van der Waals surface area (Å²) in [4.78, 5) is 21.2. The van der Waals surface area contributed by atoms with E-state index in [9.17, 15) is 4.79 Å². The first kappa shape index (κ1) is 22.5. The van der Waals surface area contributed by atoms with E-state index in [-0.39, 0.29) is 18.5 Å². The lowest BCUT2D eigenvalue weighted by Gasteiger charge is -2.23. The number of carbonyl (C=O) groups is 1. The molecule has 0 aliphatic carbocycles. The monoisotopic (exact) mass is 423 g/mol. The largest absolute Gasteiger partial charge is 0.495 e. The number of nitrogens with one attached hydrogen (secondary N) is 2. The van der Waals surface area contributed by atoms with E-state index in [2.05, 4.69) is 26.6 Å². The first-order valence-electron chi connectivity index (χ1n) is 10.8. The first-order valence-corrected chi connectivity index (χ1v) is 10.8. The Morgan fingerprint density at radius 1 is 1.19 bits per heavy atom. The molecule has 0 radical (unpaired) electrons. The van der Waals surface area contributed by atoms with Crippen LogP contribution in [0.25, 0.3) is 0 Å². The van der Waals surface area contributed by atoms with Crippen LogP contribution in [0.1, 0.15) is 18.9 Å². The second kappa shape index (κ2) is 11.2. The Morgan fingerprint density at radius 2 is 1.94 bits per heavy atom. The molecule has 31 heavy (non-hydrogen) atoms. The molecule has 2 aromatic rings. The summed E-state index contributed by atoms with van der Waals surface area (Å²) in [5.41, 5.74) is 2.23. The Labute approximate surface area is 185 Å². The quantitative estimate of drug-likeness (QED) is 0.504. The third kappa shape index (κ3) is 6.13. The molecule has 0 bridgehead atoms. The number of hydrogen-bond acceptors (Lipinski definition) is 4. The van der Waals surface area contributed by atoms with Crippen molar-refractivity contribution in [3.8, 4) is 5.75 Å². The lowest BCUT2D eigenvalue weighted by Crippen LogP contribution is -2.48.